The molecule has 0 unspecified atom stereocenters. The van der Waals surface area contributed by atoms with Gasteiger partial charge >= 0.3 is 7.60 Å². The predicted molar refractivity (Wildman–Crippen MR) is 163 cm³/mol. The van der Waals surface area contributed by atoms with E-state index in [2.05, 4.69) is 95.2 Å². The van der Waals surface area contributed by atoms with Crippen molar-refractivity contribution in [2.24, 2.45) is 0 Å². The van der Waals surface area contributed by atoms with E-state index in [4.69, 9.17) is 9.05 Å². The summed E-state index contributed by atoms with van der Waals surface area (Å²) in [4.78, 5) is 0. The molecule has 0 N–H and O–H groups in total. The van der Waals surface area contributed by atoms with Crippen LogP contribution in [-0.2, 0) is 26.2 Å². The first-order valence-electron chi connectivity index (χ1n) is 13.6. The SMILES string of the molecule is CC(C)(C)c1cccc(OP(=O)(Oc2cccc(C(C)(C)C)c2C(C)(C)C)c2ccccc2)c1C(C)(C)C. The minimum absolute atomic E-state index is 0.111. The first-order valence-corrected chi connectivity index (χ1v) is 15.1. The lowest BCUT2D eigenvalue weighted by Gasteiger charge is -2.34. The Morgan fingerprint density at radius 3 is 1.16 bits per heavy atom. The van der Waals surface area contributed by atoms with Crippen LogP contribution < -0.4 is 14.4 Å². The second kappa shape index (κ2) is 10.2. The van der Waals surface area contributed by atoms with Gasteiger partial charge in [-0.25, -0.2) is 4.57 Å². The van der Waals surface area contributed by atoms with Gasteiger partial charge in [0.25, 0.3) is 0 Å². The molecule has 3 aromatic carbocycles. The van der Waals surface area contributed by atoms with Crippen molar-refractivity contribution in [1.29, 1.82) is 0 Å². The summed E-state index contributed by atoms with van der Waals surface area (Å²) >= 11 is 0. The first kappa shape index (κ1) is 30.0. The van der Waals surface area contributed by atoms with Crippen molar-refractivity contribution in [1.82, 2.24) is 0 Å². The summed E-state index contributed by atoms with van der Waals surface area (Å²) in [6, 6.07) is 21.4. The van der Waals surface area contributed by atoms with Crippen LogP contribution in [0.3, 0.4) is 0 Å². The molecule has 38 heavy (non-hydrogen) atoms. The van der Waals surface area contributed by atoms with Gasteiger partial charge in [0, 0.05) is 11.1 Å². The third kappa shape index (κ3) is 6.55. The lowest BCUT2D eigenvalue weighted by atomic mass is 9.75. The van der Waals surface area contributed by atoms with Crippen molar-refractivity contribution in [3.8, 4) is 11.5 Å². The Bertz CT molecular complexity index is 1230. The van der Waals surface area contributed by atoms with E-state index < -0.39 is 7.60 Å². The van der Waals surface area contributed by atoms with Gasteiger partial charge in [-0.05, 0) is 57.1 Å². The molecule has 0 spiro atoms. The largest absolute Gasteiger partial charge is 0.462 e. The molecule has 0 aliphatic carbocycles. The monoisotopic (exact) mass is 534 g/mol. The Morgan fingerprint density at radius 2 is 0.842 bits per heavy atom. The lowest BCUT2D eigenvalue weighted by molar-refractivity contribution is 0.384. The highest BCUT2D eigenvalue weighted by molar-refractivity contribution is 7.63. The molecule has 0 fully saturated rings. The fraction of sp³-hybridized carbons (Fsp3) is 0.471. The Balaban J connectivity index is 2.29. The van der Waals surface area contributed by atoms with E-state index in [9.17, 15) is 4.57 Å². The fourth-order valence-electron chi connectivity index (χ4n) is 5.01. The Hall–Kier alpha value is -2.51. The molecule has 0 saturated carbocycles. The van der Waals surface area contributed by atoms with Crippen molar-refractivity contribution in [3.05, 3.63) is 89.0 Å². The van der Waals surface area contributed by atoms with Crippen molar-refractivity contribution < 1.29 is 13.6 Å². The molecular formula is C34H47O3P. The smallest absolute Gasteiger partial charge is 0.412 e. The molecule has 0 saturated heterocycles. The highest BCUT2D eigenvalue weighted by atomic mass is 31.2. The van der Waals surface area contributed by atoms with Gasteiger partial charge < -0.3 is 9.05 Å². The van der Waals surface area contributed by atoms with E-state index in [-0.39, 0.29) is 21.7 Å². The highest BCUT2D eigenvalue weighted by Gasteiger charge is 2.38. The second-order valence-electron chi connectivity index (χ2n) is 14.4. The summed E-state index contributed by atoms with van der Waals surface area (Å²) in [5, 5.41) is 0.530. The van der Waals surface area contributed by atoms with Gasteiger partial charge in [-0.15, -0.1) is 0 Å². The van der Waals surface area contributed by atoms with Gasteiger partial charge in [-0.2, -0.15) is 0 Å². The van der Waals surface area contributed by atoms with E-state index in [0.29, 0.717) is 16.8 Å². The maximum Gasteiger partial charge on any atom is 0.462 e. The van der Waals surface area contributed by atoms with Gasteiger partial charge in [-0.1, -0.05) is 126 Å². The quantitative estimate of drug-likeness (QED) is 0.306. The van der Waals surface area contributed by atoms with E-state index in [1.807, 2.05) is 54.6 Å². The molecule has 0 aliphatic rings. The zero-order valence-corrected chi connectivity index (χ0v) is 26.4. The van der Waals surface area contributed by atoms with E-state index in [1.165, 1.54) is 11.1 Å². The standard InChI is InChI=1S/C34H47O3P/c1-31(2,3)25-20-16-22-27(29(25)33(7,8)9)36-38(35,24-18-14-13-15-19-24)37-28-23-17-21-26(32(4,5)6)30(28)34(10,11)12/h13-23H,1-12H3. The molecule has 3 aromatic rings. The lowest BCUT2D eigenvalue weighted by Crippen LogP contribution is -2.25. The molecule has 206 valence electrons. The van der Waals surface area contributed by atoms with Crippen molar-refractivity contribution in [2.45, 2.75) is 105 Å². The van der Waals surface area contributed by atoms with E-state index in [0.717, 1.165) is 11.1 Å². The van der Waals surface area contributed by atoms with Gasteiger partial charge in [0.2, 0.25) is 0 Å². The van der Waals surface area contributed by atoms with Crippen LogP contribution in [-0.4, -0.2) is 0 Å². The van der Waals surface area contributed by atoms with Gasteiger partial charge in [0.05, 0.1) is 5.30 Å². The minimum atomic E-state index is -3.85. The third-order valence-electron chi connectivity index (χ3n) is 6.68. The van der Waals surface area contributed by atoms with Crippen molar-refractivity contribution >= 4 is 12.9 Å². The second-order valence-corrected chi connectivity index (χ2v) is 16.2. The molecule has 3 nitrogen and oxygen atoms in total. The molecule has 0 heterocycles. The van der Waals surface area contributed by atoms with Gasteiger partial charge in [-0.3, -0.25) is 0 Å². The minimum Gasteiger partial charge on any atom is -0.412 e. The molecule has 0 aliphatic heterocycles. The van der Waals surface area contributed by atoms with Crippen LogP contribution in [0, 0.1) is 0 Å². The Kier molecular flexibility index (Phi) is 8.09. The summed E-state index contributed by atoms with van der Waals surface area (Å²) < 4.78 is 28.2. The molecular weight excluding hydrogens is 487 g/mol. The summed E-state index contributed by atoms with van der Waals surface area (Å²) in [6.07, 6.45) is 0. The average Bonchev–Trinajstić information content (AvgIpc) is 2.76. The van der Waals surface area contributed by atoms with E-state index in [1.54, 1.807) is 0 Å². The molecule has 0 amide bonds. The third-order valence-corrected chi connectivity index (χ3v) is 8.48. The fourth-order valence-corrected chi connectivity index (χ4v) is 6.61. The van der Waals surface area contributed by atoms with E-state index >= 15 is 0 Å². The van der Waals surface area contributed by atoms with Crippen LogP contribution in [0.25, 0.3) is 0 Å². The molecule has 0 radical (unpaired) electrons. The maximum absolute atomic E-state index is 15.0. The van der Waals surface area contributed by atoms with Gasteiger partial charge in [0.15, 0.2) is 0 Å². The first-order chi connectivity index (χ1) is 17.2. The molecule has 0 atom stereocenters. The Morgan fingerprint density at radius 1 is 0.474 bits per heavy atom. The van der Waals surface area contributed by atoms with Crippen LogP contribution in [0.1, 0.15) is 105 Å². The van der Waals surface area contributed by atoms with Crippen LogP contribution in [0.15, 0.2) is 66.7 Å². The van der Waals surface area contributed by atoms with Crippen LogP contribution in [0.4, 0.5) is 0 Å². The normalized spacial score (nSPS) is 13.4. The summed E-state index contributed by atoms with van der Waals surface area (Å²) in [5.41, 5.74) is 3.75. The maximum atomic E-state index is 15.0. The summed E-state index contributed by atoms with van der Waals surface area (Å²) in [7, 11) is -3.85. The number of hydrogen-bond donors (Lipinski definition) is 0. The van der Waals surface area contributed by atoms with Crippen molar-refractivity contribution in [3.63, 3.8) is 0 Å². The molecule has 0 aromatic heterocycles. The van der Waals surface area contributed by atoms with Crippen LogP contribution >= 0.6 is 7.60 Å². The highest BCUT2D eigenvalue weighted by Crippen LogP contribution is 2.53. The topological polar surface area (TPSA) is 35.5 Å². The summed E-state index contributed by atoms with van der Waals surface area (Å²) in [6.45, 7) is 26.2. The van der Waals surface area contributed by atoms with Crippen molar-refractivity contribution in [2.75, 3.05) is 0 Å². The molecule has 3 rings (SSSR count). The zero-order chi connectivity index (χ0) is 28.7. The van der Waals surface area contributed by atoms with Crippen LogP contribution in [0.2, 0.25) is 0 Å². The van der Waals surface area contributed by atoms with Crippen LogP contribution in [0.5, 0.6) is 11.5 Å². The van der Waals surface area contributed by atoms with Gasteiger partial charge in [0.1, 0.15) is 11.5 Å². The average molecular weight is 535 g/mol. The Labute approximate surface area is 231 Å². The number of hydrogen-bond acceptors (Lipinski definition) is 3. The molecule has 0 bridgehead atoms. The summed E-state index contributed by atoms with van der Waals surface area (Å²) in [5.74, 6) is 1.20. The number of benzene rings is 3. The predicted octanol–water partition coefficient (Wildman–Crippen LogP) is 9.85. The zero-order valence-electron chi connectivity index (χ0n) is 25.5. The number of rotatable bonds is 5. The molecule has 4 heteroatoms.